The number of rotatable bonds is 4. The third kappa shape index (κ3) is 4.56. The van der Waals surface area contributed by atoms with Crippen LogP contribution in [0.25, 0.3) is 10.2 Å². The number of carbonyl (C=O) groups excluding carboxylic acids is 1. The van der Waals surface area contributed by atoms with Crippen LogP contribution in [0.3, 0.4) is 0 Å². The highest BCUT2D eigenvalue weighted by Crippen LogP contribution is 2.41. The van der Waals surface area contributed by atoms with E-state index in [-0.39, 0.29) is 6.03 Å². The normalized spacial score (nSPS) is 18.5. The van der Waals surface area contributed by atoms with Gasteiger partial charge in [-0.15, -0.1) is 11.3 Å². The van der Waals surface area contributed by atoms with Gasteiger partial charge in [0.05, 0.1) is 5.39 Å². The molecule has 5 rings (SSSR count). The van der Waals surface area contributed by atoms with E-state index in [1.54, 1.807) is 0 Å². The number of fused-ring (bicyclic) bond motifs is 3. The molecule has 0 bridgehead atoms. The van der Waals surface area contributed by atoms with Crippen LogP contribution in [0.4, 0.5) is 16.3 Å². The van der Waals surface area contributed by atoms with Gasteiger partial charge in [0.15, 0.2) is 0 Å². The van der Waals surface area contributed by atoms with Gasteiger partial charge in [0.1, 0.15) is 16.5 Å². The first-order chi connectivity index (χ1) is 16.0. The van der Waals surface area contributed by atoms with Gasteiger partial charge in [0, 0.05) is 43.2 Å². The molecule has 3 heterocycles. The molecule has 1 aliphatic carbocycles. The first kappa shape index (κ1) is 22.1. The van der Waals surface area contributed by atoms with E-state index in [4.69, 9.17) is 9.97 Å². The lowest BCUT2D eigenvalue weighted by Crippen LogP contribution is -2.50. The molecule has 1 N–H and O–H groups in total. The molecule has 174 valence electrons. The zero-order chi connectivity index (χ0) is 22.9. The lowest BCUT2D eigenvalue weighted by Gasteiger charge is -2.36. The molecule has 0 radical (unpaired) electrons. The van der Waals surface area contributed by atoms with Crippen LogP contribution in [0.2, 0.25) is 0 Å². The second kappa shape index (κ2) is 9.29. The minimum Gasteiger partial charge on any atom is -0.352 e. The zero-order valence-electron chi connectivity index (χ0n) is 19.9. The number of piperazine rings is 1. The fourth-order valence-corrected chi connectivity index (χ4v) is 6.37. The predicted molar refractivity (Wildman–Crippen MR) is 137 cm³/mol. The Kier molecular flexibility index (Phi) is 6.23. The molecule has 0 unspecified atom stereocenters. The summed E-state index contributed by atoms with van der Waals surface area (Å²) >= 11 is 1.88. The molecule has 2 amide bonds. The Morgan fingerprint density at radius 2 is 2.03 bits per heavy atom. The van der Waals surface area contributed by atoms with Crippen molar-refractivity contribution in [3.05, 3.63) is 46.1 Å². The molecule has 7 heteroatoms. The van der Waals surface area contributed by atoms with E-state index in [9.17, 15) is 4.79 Å². The molecule has 3 aromatic rings. The highest BCUT2D eigenvalue weighted by molar-refractivity contribution is 7.19. The Bertz CT molecular complexity index is 1160. The number of urea groups is 1. The van der Waals surface area contributed by atoms with Crippen molar-refractivity contribution in [1.29, 1.82) is 0 Å². The summed E-state index contributed by atoms with van der Waals surface area (Å²) in [6.07, 6.45) is 5.47. The minimum atomic E-state index is -0.0262. The summed E-state index contributed by atoms with van der Waals surface area (Å²) in [5.41, 5.74) is 3.47. The Labute approximate surface area is 200 Å². The number of hydrogen-bond acceptors (Lipinski definition) is 5. The topological polar surface area (TPSA) is 61.4 Å². The van der Waals surface area contributed by atoms with Crippen LogP contribution in [0.15, 0.2) is 24.3 Å². The number of hydrogen-bond donors (Lipinski definition) is 1. The van der Waals surface area contributed by atoms with Crippen LogP contribution < -0.4 is 10.2 Å². The lowest BCUT2D eigenvalue weighted by atomic mass is 9.89. The first-order valence-corrected chi connectivity index (χ1v) is 13.0. The molecule has 0 spiro atoms. The van der Waals surface area contributed by atoms with Crippen molar-refractivity contribution in [2.45, 2.75) is 52.9 Å². The number of thiophene rings is 1. The van der Waals surface area contributed by atoms with Crippen molar-refractivity contribution >= 4 is 39.1 Å². The van der Waals surface area contributed by atoms with Crippen molar-refractivity contribution in [3.8, 4) is 0 Å². The maximum Gasteiger partial charge on any atom is 0.321 e. The van der Waals surface area contributed by atoms with Crippen LogP contribution in [-0.4, -0.2) is 47.1 Å². The standard InChI is InChI=1S/C26H33N5OS/c1-4-6-22-28-24(23-20-10-9-18(3)16-21(20)33-25(23)29-22)30-11-13-31(14-12-30)26(32)27-19-8-5-7-17(2)15-19/h5,7-8,15,18H,4,6,9-14,16H2,1-3H3,(H,27,32)/t18-/m1/s1. The highest BCUT2D eigenvalue weighted by atomic mass is 32.1. The Morgan fingerprint density at radius 3 is 2.79 bits per heavy atom. The summed E-state index contributed by atoms with van der Waals surface area (Å²) in [5.74, 6) is 2.79. The molecule has 1 fully saturated rings. The third-order valence-corrected chi connectivity index (χ3v) is 7.94. The van der Waals surface area contributed by atoms with Gasteiger partial charge in [-0.05, 0) is 61.8 Å². The molecule has 6 nitrogen and oxygen atoms in total. The number of nitrogens with one attached hydrogen (secondary N) is 1. The second-order valence-corrected chi connectivity index (χ2v) is 10.6. The predicted octanol–water partition coefficient (Wildman–Crippen LogP) is 5.43. The largest absolute Gasteiger partial charge is 0.352 e. The second-order valence-electron chi connectivity index (χ2n) is 9.52. The minimum absolute atomic E-state index is 0.0262. The number of nitrogens with zero attached hydrogens (tertiary/aromatic N) is 4. The lowest BCUT2D eigenvalue weighted by molar-refractivity contribution is 0.208. The fraction of sp³-hybridized carbons (Fsp3) is 0.500. The smallest absolute Gasteiger partial charge is 0.321 e. The number of aryl methyl sites for hydroxylation is 3. The number of anilines is 2. The third-order valence-electron chi connectivity index (χ3n) is 6.79. The van der Waals surface area contributed by atoms with E-state index < -0.39 is 0 Å². The Morgan fingerprint density at radius 1 is 1.21 bits per heavy atom. The molecule has 1 aliphatic heterocycles. The summed E-state index contributed by atoms with van der Waals surface area (Å²) < 4.78 is 0. The molecule has 1 atom stereocenters. The van der Waals surface area contributed by atoms with Crippen molar-refractivity contribution in [3.63, 3.8) is 0 Å². The monoisotopic (exact) mass is 463 g/mol. The van der Waals surface area contributed by atoms with Crippen molar-refractivity contribution < 1.29 is 4.79 Å². The van der Waals surface area contributed by atoms with Crippen molar-refractivity contribution in [1.82, 2.24) is 14.9 Å². The maximum atomic E-state index is 12.8. The van der Waals surface area contributed by atoms with Crippen molar-refractivity contribution in [2.75, 3.05) is 36.4 Å². The summed E-state index contributed by atoms with van der Waals surface area (Å²) in [6, 6.07) is 7.92. The van der Waals surface area contributed by atoms with E-state index in [1.807, 2.05) is 47.4 Å². The molecule has 2 aromatic heterocycles. The van der Waals surface area contributed by atoms with Gasteiger partial charge in [-0.25, -0.2) is 14.8 Å². The van der Waals surface area contributed by atoms with Gasteiger partial charge in [-0.1, -0.05) is 26.0 Å². The molecular formula is C26H33N5OS. The maximum absolute atomic E-state index is 12.8. The molecule has 1 aromatic carbocycles. The van der Waals surface area contributed by atoms with Gasteiger partial charge < -0.3 is 15.1 Å². The Balaban J connectivity index is 1.37. The average molecular weight is 464 g/mol. The van der Waals surface area contributed by atoms with Gasteiger partial charge in [-0.2, -0.15) is 0 Å². The number of aromatic nitrogens is 2. The number of carbonyl (C=O) groups is 1. The summed E-state index contributed by atoms with van der Waals surface area (Å²) in [5, 5.41) is 4.33. The highest BCUT2D eigenvalue weighted by Gasteiger charge is 2.28. The summed E-state index contributed by atoms with van der Waals surface area (Å²) in [6.45, 7) is 9.53. The zero-order valence-corrected chi connectivity index (χ0v) is 20.7. The first-order valence-electron chi connectivity index (χ1n) is 12.2. The molecular weight excluding hydrogens is 430 g/mol. The summed E-state index contributed by atoms with van der Waals surface area (Å²) in [7, 11) is 0. The number of benzene rings is 1. The van der Waals surface area contributed by atoms with E-state index in [0.717, 1.165) is 72.4 Å². The van der Waals surface area contributed by atoms with Gasteiger partial charge in [0.25, 0.3) is 0 Å². The van der Waals surface area contributed by atoms with E-state index in [1.165, 1.54) is 22.2 Å². The quantitative estimate of drug-likeness (QED) is 0.560. The van der Waals surface area contributed by atoms with Gasteiger partial charge in [-0.3, -0.25) is 0 Å². The fourth-order valence-electron chi connectivity index (χ4n) is 4.98. The van der Waals surface area contributed by atoms with E-state index in [2.05, 4.69) is 24.1 Å². The van der Waals surface area contributed by atoms with E-state index in [0.29, 0.717) is 13.1 Å². The Hall–Kier alpha value is -2.67. The van der Waals surface area contributed by atoms with E-state index >= 15 is 0 Å². The van der Waals surface area contributed by atoms with Gasteiger partial charge >= 0.3 is 6.03 Å². The van der Waals surface area contributed by atoms with Gasteiger partial charge in [0.2, 0.25) is 0 Å². The number of amides is 2. The molecule has 33 heavy (non-hydrogen) atoms. The van der Waals surface area contributed by atoms with Crippen LogP contribution >= 0.6 is 11.3 Å². The van der Waals surface area contributed by atoms with Crippen LogP contribution in [-0.2, 0) is 19.3 Å². The van der Waals surface area contributed by atoms with Crippen LogP contribution in [0, 0.1) is 12.8 Å². The molecule has 2 aliphatic rings. The van der Waals surface area contributed by atoms with Crippen molar-refractivity contribution in [2.24, 2.45) is 5.92 Å². The average Bonchev–Trinajstić information content (AvgIpc) is 3.16. The molecule has 0 saturated carbocycles. The summed E-state index contributed by atoms with van der Waals surface area (Å²) in [4.78, 5) is 29.8. The van der Waals surface area contributed by atoms with Crippen LogP contribution in [0.5, 0.6) is 0 Å². The SMILES string of the molecule is CCCc1nc(N2CCN(C(=O)Nc3cccc(C)c3)CC2)c2c3c(sc2n1)C[C@H](C)CC3. The molecule has 1 saturated heterocycles. The van der Waals surface area contributed by atoms with Crippen LogP contribution in [0.1, 0.15) is 48.5 Å².